The zero-order valence-electron chi connectivity index (χ0n) is 18.3. The van der Waals surface area contributed by atoms with E-state index in [-0.39, 0.29) is 29.6 Å². The predicted molar refractivity (Wildman–Crippen MR) is 129 cm³/mol. The van der Waals surface area contributed by atoms with Crippen LogP contribution in [0.25, 0.3) is 0 Å². The lowest BCUT2D eigenvalue weighted by molar-refractivity contribution is 0.0526. The molecular weight excluding hydrogens is 478 g/mol. The van der Waals surface area contributed by atoms with Crippen LogP contribution in [-0.4, -0.2) is 46.2 Å². The molecule has 34 heavy (non-hydrogen) atoms. The van der Waals surface area contributed by atoms with Crippen LogP contribution in [0.2, 0.25) is 5.02 Å². The van der Waals surface area contributed by atoms with Crippen LogP contribution in [0, 0.1) is 0 Å². The smallest absolute Gasteiger partial charge is 0.338 e. The van der Waals surface area contributed by atoms with E-state index in [1.54, 1.807) is 60.4 Å². The molecule has 2 N–H and O–H groups in total. The second kappa shape index (κ2) is 10.6. The number of nitrogens with one attached hydrogen (secondary N) is 2. The Morgan fingerprint density at radius 3 is 2.68 bits per heavy atom. The molecule has 3 amide bonds. The highest BCUT2D eigenvalue weighted by Crippen LogP contribution is 2.34. The second-order valence-electron chi connectivity index (χ2n) is 7.49. The number of aromatic nitrogens is 2. The Morgan fingerprint density at radius 1 is 1.12 bits per heavy atom. The highest BCUT2D eigenvalue weighted by Gasteiger charge is 2.33. The third-order valence-electron chi connectivity index (χ3n) is 5.16. The zero-order valence-corrected chi connectivity index (χ0v) is 19.9. The van der Waals surface area contributed by atoms with E-state index in [2.05, 4.69) is 20.8 Å². The molecule has 176 valence electrons. The summed E-state index contributed by atoms with van der Waals surface area (Å²) in [6, 6.07) is 12.7. The van der Waals surface area contributed by atoms with E-state index in [1.165, 1.54) is 0 Å². The number of amides is 3. The Labute approximate surface area is 205 Å². The average Bonchev–Trinajstić information content (AvgIpc) is 3.51. The molecule has 2 heterocycles. The van der Waals surface area contributed by atoms with Crippen LogP contribution in [0.1, 0.15) is 51.0 Å². The molecule has 1 aromatic heterocycles. The maximum absolute atomic E-state index is 13.0. The third-order valence-corrected chi connectivity index (χ3v) is 6.44. The Kier molecular flexibility index (Phi) is 7.39. The fourth-order valence-electron chi connectivity index (χ4n) is 3.58. The molecule has 2 aromatic carbocycles. The number of likely N-dealkylation sites (tertiary alicyclic amines) is 1. The lowest BCUT2D eigenvalue weighted by Gasteiger charge is -2.23. The van der Waals surface area contributed by atoms with Gasteiger partial charge in [0.05, 0.1) is 18.2 Å². The van der Waals surface area contributed by atoms with E-state index in [4.69, 9.17) is 16.3 Å². The number of ether oxygens (including phenoxy) is 1. The van der Waals surface area contributed by atoms with E-state index >= 15 is 0 Å². The van der Waals surface area contributed by atoms with Crippen molar-refractivity contribution in [2.75, 3.05) is 23.8 Å². The quantitative estimate of drug-likeness (QED) is 0.462. The first-order valence-corrected chi connectivity index (χ1v) is 11.9. The molecule has 0 bridgehead atoms. The summed E-state index contributed by atoms with van der Waals surface area (Å²) in [5, 5.41) is 15.2. The summed E-state index contributed by atoms with van der Waals surface area (Å²) < 4.78 is 5.01. The fraction of sp³-hybridized carbons (Fsp3) is 0.261. The molecule has 0 saturated carbocycles. The number of carbonyl (C=O) groups is 3. The minimum atomic E-state index is -0.448. The van der Waals surface area contributed by atoms with Crippen LogP contribution in [0.3, 0.4) is 0 Å². The normalized spacial score (nSPS) is 15.1. The van der Waals surface area contributed by atoms with Gasteiger partial charge in [0.25, 0.3) is 5.91 Å². The van der Waals surface area contributed by atoms with Crippen LogP contribution in [0.4, 0.5) is 16.2 Å². The summed E-state index contributed by atoms with van der Waals surface area (Å²) in [6.07, 6.45) is 1.51. The highest BCUT2D eigenvalue weighted by molar-refractivity contribution is 7.13. The van der Waals surface area contributed by atoms with Gasteiger partial charge in [0.1, 0.15) is 5.01 Å². The third kappa shape index (κ3) is 5.52. The largest absolute Gasteiger partial charge is 0.462 e. The van der Waals surface area contributed by atoms with E-state index in [0.717, 1.165) is 17.8 Å². The number of nitrogens with zero attached hydrogens (tertiary/aromatic N) is 3. The number of benzene rings is 2. The van der Waals surface area contributed by atoms with Crippen molar-refractivity contribution in [3.63, 3.8) is 0 Å². The topological polar surface area (TPSA) is 114 Å². The average molecular weight is 500 g/mol. The summed E-state index contributed by atoms with van der Waals surface area (Å²) in [7, 11) is 0. The van der Waals surface area contributed by atoms with Crippen LogP contribution in [-0.2, 0) is 4.74 Å². The van der Waals surface area contributed by atoms with Gasteiger partial charge in [-0.1, -0.05) is 29.0 Å². The minimum Gasteiger partial charge on any atom is -0.462 e. The molecule has 1 fully saturated rings. The number of anilines is 2. The maximum Gasteiger partial charge on any atom is 0.338 e. The van der Waals surface area contributed by atoms with Gasteiger partial charge in [0.15, 0.2) is 0 Å². The van der Waals surface area contributed by atoms with Crippen LogP contribution in [0.5, 0.6) is 0 Å². The van der Waals surface area contributed by atoms with Crippen molar-refractivity contribution in [2.24, 2.45) is 0 Å². The number of rotatable bonds is 6. The molecule has 4 rings (SSSR count). The van der Waals surface area contributed by atoms with Gasteiger partial charge in [-0.25, -0.2) is 9.59 Å². The molecule has 0 aliphatic carbocycles. The first kappa shape index (κ1) is 23.7. The molecule has 0 radical (unpaired) electrons. The van der Waals surface area contributed by atoms with E-state index in [0.29, 0.717) is 39.9 Å². The summed E-state index contributed by atoms with van der Waals surface area (Å²) >= 11 is 7.03. The van der Waals surface area contributed by atoms with Crippen molar-refractivity contribution in [1.82, 2.24) is 15.1 Å². The van der Waals surface area contributed by atoms with Crippen molar-refractivity contribution < 1.29 is 19.1 Å². The Morgan fingerprint density at radius 2 is 1.91 bits per heavy atom. The van der Waals surface area contributed by atoms with Gasteiger partial charge in [-0.15, -0.1) is 10.2 Å². The molecular formula is C23H22ClN5O4S. The number of esters is 1. The summed E-state index contributed by atoms with van der Waals surface area (Å²) in [5.41, 5.74) is 1.44. The molecule has 11 heteroatoms. The van der Waals surface area contributed by atoms with Crippen molar-refractivity contribution in [3.8, 4) is 0 Å². The lowest BCUT2D eigenvalue weighted by atomic mass is 10.2. The molecule has 1 aliphatic heterocycles. The van der Waals surface area contributed by atoms with E-state index in [1.807, 2.05) is 0 Å². The summed E-state index contributed by atoms with van der Waals surface area (Å²) in [5.74, 6) is -0.827. The Bertz CT molecular complexity index is 1200. The standard InChI is InChI=1S/C23H22ClN5O4S/c1-2-33-22(31)14-5-3-6-17(13-14)26-23(32)29-12-4-7-18(29)20-27-28-21(34-20)19(30)25-16-10-8-15(24)9-11-16/h3,5-6,8-11,13,18H,2,4,7,12H2,1H3,(H,25,30)(H,26,32)/t18-/m0/s1. The van der Waals surface area contributed by atoms with Crippen LogP contribution >= 0.6 is 22.9 Å². The summed E-state index contributed by atoms with van der Waals surface area (Å²) in [6.45, 7) is 2.55. The minimum absolute atomic E-state index is 0.208. The number of hydrogen-bond acceptors (Lipinski definition) is 7. The fourth-order valence-corrected chi connectivity index (χ4v) is 4.59. The molecule has 0 spiro atoms. The zero-order chi connectivity index (χ0) is 24.1. The van der Waals surface area contributed by atoms with Crippen molar-refractivity contribution in [2.45, 2.75) is 25.8 Å². The van der Waals surface area contributed by atoms with E-state index < -0.39 is 5.97 Å². The van der Waals surface area contributed by atoms with Gasteiger partial charge in [-0.3, -0.25) is 4.79 Å². The number of halogens is 1. The number of carbonyl (C=O) groups excluding carboxylic acids is 3. The van der Waals surface area contributed by atoms with Crippen LogP contribution in [0.15, 0.2) is 48.5 Å². The summed E-state index contributed by atoms with van der Waals surface area (Å²) in [4.78, 5) is 39.2. The molecule has 1 atom stereocenters. The molecule has 1 aliphatic rings. The van der Waals surface area contributed by atoms with Crippen molar-refractivity contribution in [1.29, 1.82) is 0 Å². The Balaban J connectivity index is 1.42. The van der Waals surface area contributed by atoms with Gasteiger partial charge in [-0.05, 0) is 62.2 Å². The highest BCUT2D eigenvalue weighted by atomic mass is 35.5. The number of hydrogen-bond donors (Lipinski definition) is 2. The van der Waals surface area contributed by atoms with Gasteiger partial charge in [-0.2, -0.15) is 0 Å². The van der Waals surface area contributed by atoms with Crippen LogP contribution < -0.4 is 10.6 Å². The molecule has 9 nitrogen and oxygen atoms in total. The monoisotopic (exact) mass is 499 g/mol. The number of urea groups is 1. The molecule has 0 unspecified atom stereocenters. The predicted octanol–water partition coefficient (Wildman–Crippen LogP) is 4.99. The molecule has 3 aromatic rings. The van der Waals surface area contributed by atoms with E-state index in [9.17, 15) is 14.4 Å². The Hall–Kier alpha value is -3.50. The van der Waals surface area contributed by atoms with Crippen molar-refractivity contribution >= 4 is 52.2 Å². The van der Waals surface area contributed by atoms with Crippen molar-refractivity contribution in [3.05, 3.63) is 69.1 Å². The van der Waals surface area contributed by atoms with Gasteiger partial charge >= 0.3 is 12.0 Å². The first-order valence-electron chi connectivity index (χ1n) is 10.7. The van der Waals surface area contributed by atoms with Gasteiger partial charge in [0.2, 0.25) is 5.01 Å². The second-order valence-corrected chi connectivity index (χ2v) is 8.93. The first-order chi connectivity index (χ1) is 16.4. The van der Waals surface area contributed by atoms with Gasteiger partial charge < -0.3 is 20.3 Å². The lowest BCUT2D eigenvalue weighted by Crippen LogP contribution is -2.34. The SMILES string of the molecule is CCOC(=O)c1cccc(NC(=O)N2CCC[C@H]2c2nnc(C(=O)Nc3ccc(Cl)cc3)s2)c1. The van der Waals surface area contributed by atoms with Gasteiger partial charge in [0, 0.05) is 22.9 Å². The molecule has 1 saturated heterocycles. The maximum atomic E-state index is 13.0.